The number of carbonyl (C=O) groups excluding carboxylic acids is 2. The molecule has 0 aliphatic heterocycles. The van der Waals surface area contributed by atoms with E-state index in [1.807, 2.05) is 24.3 Å². The minimum atomic E-state index is -0.152. The number of hydroxylamine groups is 2. The zero-order valence-electron chi connectivity index (χ0n) is 14.5. The number of rotatable bonds is 5. The second-order valence-corrected chi connectivity index (χ2v) is 7.62. The normalized spacial score (nSPS) is 27.2. The maximum absolute atomic E-state index is 12.0. The van der Waals surface area contributed by atoms with Crippen LogP contribution in [0.15, 0.2) is 24.3 Å². The summed E-state index contributed by atoms with van der Waals surface area (Å²) >= 11 is 5.84. The smallest absolute Gasteiger partial charge is 0.315 e. The molecule has 1 aromatic carbocycles. The summed E-state index contributed by atoms with van der Waals surface area (Å²) in [5.41, 5.74) is 1.25. The summed E-state index contributed by atoms with van der Waals surface area (Å²) in [4.78, 5) is 28.9. The van der Waals surface area contributed by atoms with Gasteiger partial charge in [0.1, 0.15) is 0 Å². The van der Waals surface area contributed by atoms with Crippen molar-refractivity contribution in [2.45, 2.75) is 38.3 Å². The number of hydrogen-bond acceptors (Lipinski definition) is 3. The third-order valence-electron chi connectivity index (χ3n) is 5.35. The molecule has 0 atom stereocenters. The first kappa shape index (κ1) is 18.0. The van der Waals surface area contributed by atoms with Gasteiger partial charge >= 0.3 is 6.03 Å². The molecule has 0 saturated heterocycles. The van der Waals surface area contributed by atoms with Gasteiger partial charge in [0.05, 0.1) is 7.11 Å². The minimum absolute atomic E-state index is 0.0465. The van der Waals surface area contributed by atoms with E-state index in [4.69, 9.17) is 16.4 Å². The summed E-state index contributed by atoms with van der Waals surface area (Å²) < 4.78 is 0. The monoisotopic (exact) mass is 365 g/mol. The van der Waals surface area contributed by atoms with Crippen molar-refractivity contribution in [1.29, 1.82) is 0 Å². The number of hydrogen-bond donors (Lipinski definition) is 2. The van der Waals surface area contributed by atoms with Crippen molar-refractivity contribution in [3.63, 3.8) is 0 Å². The fraction of sp³-hybridized carbons (Fsp3) is 0.556. The first-order chi connectivity index (χ1) is 11.9. The topological polar surface area (TPSA) is 70.7 Å². The number of amides is 3. The lowest BCUT2D eigenvalue weighted by Crippen LogP contribution is -2.59. The first-order valence-electron chi connectivity index (χ1n) is 8.51. The van der Waals surface area contributed by atoms with Crippen LogP contribution in [0.3, 0.4) is 0 Å². The molecule has 2 N–H and O–H groups in total. The predicted molar refractivity (Wildman–Crippen MR) is 94.8 cm³/mol. The number of carbonyl (C=O) groups is 2. The van der Waals surface area contributed by atoms with Crippen LogP contribution in [0, 0.1) is 11.3 Å². The Morgan fingerprint density at radius 3 is 2.48 bits per heavy atom. The Morgan fingerprint density at radius 1 is 1.24 bits per heavy atom. The molecule has 2 fully saturated rings. The van der Waals surface area contributed by atoms with Crippen molar-refractivity contribution < 1.29 is 14.4 Å². The number of urea groups is 1. The molecule has 0 radical (unpaired) electrons. The molecule has 3 rings (SSSR count). The molecule has 2 aliphatic rings. The Labute approximate surface area is 152 Å². The molecule has 0 unspecified atom stereocenters. The predicted octanol–water partition coefficient (Wildman–Crippen LogP) is 2.72. The van der Waals surface area contributed by atoms with Crippen LogP contribution < -0.4 is 10.6 Å². The first-order valence-corrected chi connectivity index (χ1v) is 8.89. The van der Waals surface area contributed by atoms with Crippen LogP contribution >= 0.6 is 11.6 Å². The lowest BCUT2D eigenvalue weighted by molar-refractivity contribution is -0.185. The van der Waals surface area contributed by atoms with Crippen LogP contribution in [-0.4, -0.2) is 37.2 Å². The van der Waals surface area contributed by atoms with Crippen molar-refractivity contribution >= 4 is 23.5 Å². The molecule has 1 aromatic rings. The van der Waals surface area contributed by atoms with E-state index >= 15 is 0 Å². The van der Waals surface area contributed by atoms with Crippen LogP contribution in [0.4, 0.5) is 4.79 Å². The van der Waals surface area contributed by atoms with E-state index in [2.05, 4.69) is 10.6 Å². The molecule has 136 valence electrons. The molecule has 1 spiro atoms. The Kier molecular flexibility index (Phi) is 5.20. The lowest BCUT2D eigenvalue weighted by Gasteiger charge is -2.57. The molecule has 3 amide bonds. The van der Waals surface area contributed by atoms with Gasteiger partial charge < -0.3 is 10.6 Å². The van der Waals surface area contributed by atoms with Crippen LogP contribution in [0.25, 0.3) is 0 Å². The highest BCUT2D eigenvalue weighted by Gasteiger charge is 2.55. The Balaban J connectivity index is 1.35. The van der Waals surface area contributed by atoms with Crippen LogP contribution in [0.2, 0.25) is 5.02 Å². The minimum Gasteiger partial charge on any atom is -0.335 e. The highest BCUT2D eigenvalue weighted by molar-refractivity contribution is 6.30. The zero-order valence-corrected chi connectivity index (χ0v) is 15.3. The average Bonchev–Trinajstić information content (AvgIpc) is 2.53. The van der Waals surface area contributed by atoms with Crippen molar-refractivity contribution in [2.24, 2.45) is 11.3 Å². The fourth-order valence-corrected chi connectivity index (χ4v) is 4.08. The van der Waals surface area contributed by atoms with Crippen molar-refractivity contribution in [1.82, 2.24) is 15.7 Å². The third kappa shape index (κ3) is 4.07. The highest BCUT2D eigenvalue weighted by Crippen LogP contribution is 2.59. The maximum atomic E-state index is 12.0. The van der Waals surface area contributed by atoms with Gasteiger partial charge in [-0.1, -0.05) is 23.7 Å². The molecule has 7 heteroatoms. The Hall–Kier alpha value is -1.79. The summed E-state index contributed by atoms with van der Waals surface area (Å²) in [5.74, 6) is 0.106. The van der Waals surface area contributed by atoms with Gasteiger partial charge in [0.2, 0.25) is 5.91 Å². The van der Waals surface area contributed by atoms with Gasteiger partial charge in [-0.3, -0.25) is 9.63 Å². The van der Waals surface area contributed by atoms with Gasteiger partial charge in [0, 0.05) is 30.6 Å². The van der Waals surface area contributed by atoms with Gasteiger partial charge in [0.25, 0.3) is 0 Å². The van der Waals surface area contributed by atoms with E-state index < -0.39 is 0 Å². The van der Waals surface area contributed by atoms with Gasteiger partial charge in [-0.25, -0.2) is 9.86 Å². The molecule has 0 heterocycles. The number of benzene rings is 1. The lowest BCUT2D eigenvalue weighted by atomic mass is 9.50. The standard InChI is InChI=1S/C18H24ClN3O3/c1-22(25-2)16(23)13-7-18(8-13)9-15(10-18)21-17(24)20-11-12-3-5-14(19)6-4-12/h3-6,13,15H,7-11H2,1-2H3,(H2,20,21,24). The third-order valence-corrected chi connectivity index (χ3v) is 5.60. The Bertz CT molecular complexity index is 635. The summed E-state index contributed by atoms with van der Waals surface area (Å²) in [6.07, 6.45) is 3.68. The molecule has 0 bridgehead atoms. The summed E-state index contributed by atoms with van der Waals surface area (Å²) in [7, 11) is 3.14. The molecule has 0 aromatic heterocycles. The fourth-order valence-electron chi connectivity index (χ4n) is 3.95. The molecule has 2 aliphatic carbocycles. The van der Waals surface area contributed by atoms with Gasteiger partial charge in [-0.05, 0) is 48.8 Å². The van der Waals surface area contributed by atoms with Crippen LogP contribution in [0.1, 0.15) is 31.2 Å². The second kappa shape index (κ2) is 7.22. The Morgan fingerprint density at radius 2 is 1.88 bits per heavy atom. The molecule has 6 nitrogen and oxygen atoms in total. The maximum Gasteiger partial charge on any atom is 0.315 e. The van der Waals surface area contributed by atoms with Gasteiger partial charge in [-0.15, -0.1) is 0 Å². The van der Waals surface area contributed by atoms with E-state index in [1.54, 1.807) is 7.05 Å². The van der Waals surface area contributed by atoms with Gasteiger partial charge in [-0.2, -0.15) is 0 Å². The second-order valence-electron chi connectivity index (χ2n) is 7.18. The number of nitrogens with zero attached hydrogens (tertiary/aromatic N) is 1. The molecule has 2 saturated carbocycles. The number of halogens is 1. The zero-order chi connectivity index (χ0) is 18.0. The van der Waals surface area contributed by atoms with E-state index in [0.717, 1.165) is 31.2 Å². The van der Waals surface area contributed by atoms with E-state index in [9.17, 15) is 9.59 Å². The summed E-state index contributed by atoms with van der Waals surface area (Å²) in [6.45, 7) is 0.473. The molecule has 25 heavy (non-hydrogen) atoms. The number of nitrogens with one attached hydrogen (secondary N) is 2. The van der Waals surface area contributed by atoms with Crippen molar-refractivity contribution in [3.8, 4) is 0 Å². The molecular weight excluding hydrogens is 342 g/mol. The quantitative estimate of drug-likeness (QED) is 0.788. The molecular formula is C18H24ClN3O3. The van der Waals surface area contributed by atoms with Crippen molar-refractivity contribution in [3.05, 3.63) is 34.9 Å². The summed E-state index contributed by atoms with van der Waals surface area (Å²) in [6, 6.07) is 7.44. The van der Waals surface area contributed by atoms with Gasteiger partial charge in [0.15, 0.2) is 0 Å². The van der Waals surface area contributed by atoms with E-state index in [1.165, 1.54) is 12.2 Å². The SMILES string of the molecule is CON(C)C(=O)C1CC2(CC(NC(=O)NCc3ccc(Cl)cc3)C2)C1. The summed E-state index contributed by atoms with van der Waals surface area (Å²) in [5, 5.41) is 7.85. The average molecular weight is 366 g/mol. The highest BCUT2D eigenvalue weighted by atomic mass is 35.5. The van der Waals surface area contributed by atoms with E-state index in [-0.39, 0.29) is 29.3 Å². The largest absolute Gasteiger partial charge is 0.335 e. The van der Waals surface area contributed by atoms with Crippen LogP contribution in [0.5, 0.6) is 0 Å². The van der Waals surface area contributed by atoms with Crippen molar-refractivity contribution in [2.75, 3.05) is 14.2 Å². The van der Waals surface area contributed by atoms with E-state index in [0.29, 0.717) is 11.6 Å². The van der Waals surface area contributed by atoms with Crippen LogP contribution in [-0.2, 0) is 16.2 Å².